The molecular weight excluding hydrogens is 567 g/mol. The summed E-state index contributed by atoms with van der Waals surface area (Å²) in [5.41, 5.74) is 2.40. The summed E-state index contributed by atoms with van der Waals surface area (Å²) in [6, 6.07) is 16.5. The Morgan fingerprint density at radius 3 is 2.30 bits per heavy atom. The van der Waals surface area contributed by atoms with Gasteiger partial charge in [-0.15, -0.1) is 0 Å². The van der Waals surface area contributed by atoms with Crippen LogP contribution in [-0.2, 0) is 17.9 Å². The lowest BCUT2D eigenvalue weighted by molar-refractivity contribution is -0.136. The fraction of sp³-hybridized carbons (Fsp3) is 0.419. The molecule has 1 fully saturated rings. The molecule has 1 atom stereocenters. The van der Waals surface area contributed by atoms with E-state index in [1.54, 1.807) is 23.1 Å². The van der Waals surface area contributed by atoms with Gasteiger partial charge >= 0.3 is 6.03 Å². The Labute approximate surface area is 252 Å². The molecule has 0 spiro atoms. The number of rotatable bonds is 10. The average molecular weight is 604 g/mol. The molecule has 1 aliphatic rings. The molecule has 0 radical (unpaired) electrons. The molecule has 3 amide bonds. The van der Waals surface area contributed by atoms with Gasteiger partial charge in [-0.3, -0.25) is 4.79 Å². The number of nitrogens with zero attached hydrogens (tertiary/aromatic N) is 3. The minimum atomic E-state index is -0.400. The van der Waals surface area contributed by atoms with Gasteiger partial charge in [-0.25, -0.2) is 4.79 Å². The molecule has 214 valence electrons. The molecule has 2 aromatic carbocycles. The Balaban J connectivity index is 1.56. The maximum atomic E-state index is 14.0. The molecule has 1 saturated carbocycles. The molecule has 1 N–H and O–H groups in total. The third-order valence-corrected chi connectivity index (χ3v) is 8.77. The van der Waals surface area contributed by atoms with Crippen molar-refractivity contribution in [1.82, 2.24) is 14.4 Å². The molecule has 0 unspecified atom stereocenters. The van der Waals surface area contributed by atoms with E-state index in [1.807, 2.05) is 55.3 Å². The SMILES string of the molecule is CC[C@H](C)N(CC(=O)N(Cc1cccn1Cc1ccccc1Cl)C1CCCCC1)C(=O)Nc1c(Cl)cccc1Cl. The summed E-state index contributed by atoms with van der Waals surface area (Å²) in [5, 5.41) is 4.25. The normalized spacial score (nSPS) is 14.5. The highest BCUT2D eigenvalue weighted by Gasteiger charge is 2.30. The number of nitrogens with one attached hydrogen (secondary N) is 1. The lowest BCUT2D eigenvalue weighted by Crippen LogP contribution is -2.50. The van der Waals surface area contributed by atoms with Gasteiger partial charge in [0, 0.05) is 35.5 Å². The first-order valence-electron chi connectivity index (χ1n) is 14.0. The van der Waals surface area contributed by atoms with E-state index in [0.717, 1.165) is 42.0 Å². The Hall–Kier alpha value is -2.67. The summed E-state index contributed by atoms with van der Waals surface area (Å²) in [4.78, 5) is 31.1. The Morgan fingerprint density at radius 1 is 0.950 bits per heavy atom. The van der Waals surface area contributed by atoms with Crippen LogP contribution in [0.3, 0.4) is 0 Å². The first-order valence-corrected chi connectivity index (χ1v) is 15.1. The molecule has 40 heavy (non-hydrogen) atoms. The number of urea groups is 1. The highest BCUT2D eigenvalue weighted by atomic mass is 35.5. The first kappa shape index (κ1) is 30.3. The second kappa shape index (κ2) is 14.3. The molecular formula is C31H37Cl3N4O2. The van der Waals surface area contributed by atoms with Gasteiger partial charge < -0.3 is 19.7 Å². The second-order valence-corrected chi connectivity index (χ2v) is 11.7. The lowest BCUT2D eigenvalue weighted by Gasteiger charge is -2.37. The average Bonchev–Trinajstić information content (AvgIpc) is 3.40. The van der Waals surface area contributed by atoms with Gasteiger partial charge in [-0.1, -0.05) is 85.3 Å². The third-order valence-electron chi connectivity index (χ3n) is 7.77. The van der Waals surface area contributed by atoms with Crippen LogP contribution in [0.2, 0.25) is 15.1 Å². The van der Waals surface area contributed by atoms with Crippen LogP contribution in [-0.4, -0.2) is 44.9 Å². The number of para-hydroxylation sites is 1. The van der Waals surface area contributed by atoms with E-state index in [2.05, 4.69) is 16.0 Å². The molecule has 1 aromatic heterocycles. The summed E-state index contributed by atoms with van der Waals surface area (Å²) < 4.78 is 2.14. The predicted octanol–water partition coefficient (Wildman–Crippen LogP) is 8.49. The highest BCUT2D eigenvalue weighted by Crippen LogP contribution is 2.31. The maximum Gasteiger partial charge on any atom is 0.322 e. The molecule has 4 rings (SSSR count). The van der Waals surface area contributed by atoms with Crippen LogP contribution in [0, 0.1) is 0 Å². The zero-order chi connectivity index (χ0) is 28.6. The van der Waals surface area contributed by atoms with Crippen LogP contribution >= 0.6 is 34.8 Å². The summed E-state index contributed by atoms with van der Waals surface area (Å²) in [6.45, 7) is 4.99. The van der Waals surface area contributed by atoms with Crippen molar-refractivity contribution >= 4 is 52.4 Å². The second-order valence-electron chi connectivity index (χ2n) is 10.4. The third kappa shape index (κ3) is 7.54. The van der Waals surface area contributed by atoms with Gasteiger partial charge in [-0.2, -0.15) is 0 Å². The molecule has 0 bridgehead atoms. The Morgan fingerprint density at radius 2 is 1.62 bits per heavy atom. The van der Waals surface area contributed by atoms with Crippen LogP contribution in [0.15, 0.2) is 60.8 Å². The van der Waals surface area contributed by atoms with Crippen LogP contribution in [0.1, 0.15) is 63.6 Å². The van der Waals surface area contributed by atoms with Crippen LogP contribution in [0.5, 0.6) is 0 Å². The molecule has 1 aliphatic carbocycles. The zero-order valence-corrected chi connectivity index (χ0v) is 25.4. The topological polar surface area (TPSA) is 57.6 Å². The van der Waals surface area contributed by atoms with Crippen molar-refractivity contribution in [2.24, 2.45) is 0 Å². The van der Waals surface area contributed by atoms with Crippen molar-refractivity contribution in [3.8, 4) is 0 Å². The molecule has 3 aromatic rings. The number of hydrogen-bond donors (Lipinski definition) is 1. The number of carbonyl (C=O) groups excluding carboxylic acids is 2. The van der Waals surface area contributed by atoms with Crippen molar-refractivity contribution in [3.05, 3.63) is 87.1 Å². The standard InChI is InChI=1S/C31H37Cl3N4O2/c1-3-22(2)37(31(40)35-30-27(33)16-9-17-28(30)34)21-29(39)38(24-12-5-4-6-13-24)20-25-14-10-18-36(25)19-23-11-7-8-15-26(23)32/h7-11,14-18,22,24H,3-6,12-13,19-21H2,1-2H3,(H,35,40)/t22-/m0/s1. The van der Waals surface area contributed by atoms with Crippen LogP contribution in [0.25, 0.3) is 0 Å². The number of carbonyl (C=O) groups is 2. The van der Waals surface area contributed by atoms with Crippen molar-refractivity contribution in [3.63, 3.8) is 0 Å². The largest absolute Gasteiger partial charge is 0.345 e. The van der Waals surface area contributed by atoms with Crippen molar-refractivity contribution < 1.29 is 9.59 Å². The molecule has 0 aliphatic heterocycles. The van der Waals surface area contributed by atoms with Crippen LogP contribution < -0.4 is 5.32 Å². The predicted molar refractivity (Wildman–Crippen MR) is 164 cm³/mol. The summed E-state index contributed by atoms with van der Waals surface area (Å²) in [5.74, 6) is -0.0712. The fourth-order valence-corrected chi connectivity index (χ4v) is 5.91. The quantitative estimate of drug-likeness (QED) is 0.253. The van der Waals surface area contributed by atoms with Gasteiger partial charge in [0.15, 0.2) is 0 Å². The van der Waals surface area contributed by atoms with Crippen molar-refractivity contribution in [1.29, 1.82) is 0 Å². The minimum absolute atomic E-state index is 0.0371. The van der Waals surface area contributed by atoms with E-state index >= 15 is 0 Å². The molecule has 9 heteroatoms. The minimum Gasteiger partial charge on any atom is -0.345 e. The number of halogens is 3. The molecule has 0 saturated heterocycles. The number of benzene rings is 2. The van der Waals surface area contributed by atoms with E-state index < -0.39 is 6.03 Å². The highest BCUT2D eigenvalue weighted by molar-refractivity contribution is 6.39. The number of amides is 3. The number of aromatic nitrogens is 1. The van der Waals surface area contributed by atoms with E-state index in [9.17, 15) is 9.59 Å². The van der Waals surface area contributed by atoms with E-state index in [0.29, 0.717) is 35.2 Å². The number of hydrogen-bond acceptors (Lipinski definition) is 2. The smallest absolute Gasteiger partial charge is 0.322 e. The lowest BCUT2D eigenvalue weighted by atomic mass is 9.94. The van der Waals surface area contributed by atoms with Gasteiger partial charge in [0.25, 0.3) is 0 Å². The van der Waals surface area contributed by atoms with Gasteiger partial charge in [0.05, 0.1) is 22.3 Å². The van der Waals surface area contributed by atoms with Crippen molar-refractivity contribution in [2.75, 3.05) is 11.9 Å². The summed E-state index contributed by atoms with van der Waals surface area (Å²) in [7, 11) is 0. The van der Waals surface area contributed by atoms with Gasteiger partial charge in [-0.05, 0) is 62.1 Å². The van der Waals surface area contributed by atoms with E-state index in [-0.39, 0.29) is 24.5 Å². The van der Waals surface area contributed by atoms with Gasteiger partial charge in [0.2, 0.25) is 5.91 Å². The van der Waals surface area contributed by atoms with Gasteiger partial charge in [0.1, 0.15) is 6.54 Å². The van der Waals surface area contributed by atoms with Crippen LogP contribution in [0.4, 0.5) is 10.5 Å². The summed E-state index contributed by atoms with van der Waals surface area (Å²) >= 11 is 19.1. The molecule has 6 nitrogen and oxygen atoms in total. The monoisotopic (exact) mass is 602 g/mol. The fourth-order valence-electron chi connectivity index (χ4n) is 5.23. The maximum absolute atomic E-state index is 14.0. The summed E-state index contributed by atoms with van der Waals surface area (Å²) in [6.07, 6.45) is 8.01. The first-order chi connectivity index (χ1) is 19.3. The van der Waals surface area contributed by atoms with Crippen molar-refractivity contribution in [2.45, 2.75) is 77.5 Å². The Bertz CT molecular complexity index is 1280. The number of anilines is 1. The zero-order valence-electron chi connectivity index (χ0n) is 23.1. The van der Waals surface area contributed by atoms with E-state index in [4.69, 9.17) is 34.8 Å². The molecule has 1 heterocycles. The van der Waals surface area contributed by atoms with E-state index in [1.165, 1.54) is 6.42 Å². The Kier molecular flexibility index (Phi) is 10.8.